The maximum absolute atomic E-state index is 12.1. The standard InChI is InChI=1S/C20H21N5O/c26-20(22-11-16-10-19(16)15-6-2-1-3-7-15)24-18-12-23-25(14-18)13-17-8-4-5-9-21-17/h1-9,12,14,16,19H,10-11,13H2,(H2,22,24,26)/t16-,19+/m0/s1. The minimum absolute atomic E-state index is 0.193. The van der Waals surface area contributed by atoms with Gasteiger partial charge >= 0.3 is 6.03 Å². The van der Waals surface area contributed by atoms with E-state index in [-0.39, 0.29) is 6.03 Å². The topological polar surface area (TPSA) is 71.8 Å². The molecule has 6 heteroatoms. The van der Waals surface area contributed by atoms with E-state index in [4.69, 9.17) is 0 Å². The number of benzene rings is 1. The molecule has 0 aliphatic heterocycles. The highest BCUT2D eigenvalue weighted by molar-refractivity contribution is 5.88. The molecule has 26 heavy (non-hydrogen) atoms. The predicted octanol–water partition coefficient (Wildman–Crippen LogP) is 3.25. The molecule has 3 aromatic rings. The fourth-order valence-corrected chi connectivity index (χ4v) is 3.15. The lowest BCUT2D eigenvalue weighted by Gasteiger charge is -2.06. The van der Waals surface area contributed by atoms with E-state index in [0.717, 1.165) is 12.1 Å². The first-order valence-electron chi connectivity index (χ1n) is 8.80. The average molecular weight is 347 g/mol. The van der Waals surface area contributed by atoms with Gasteiger partial charge in [0.05, 0.1) is 24.1 Å². The van der Waals surface area contributed by atoms with Crippen LogP contribution >= 0.6 is 0 Å². The first-order valence-corrected chi connectivity index (χ1v) is 8.80. The Balaban J connectivity index is 1.23. The molecule has 0 unspecified atom stereocenters. The van der Waals surface area contributed by atoms with Crippen LogP contribution in [0.4, 0.5) is 10.5 Å². The third-order valence-corrected chi connectivity index (χ3v) is 4.62. The molecule has 2 N–H and O–H groups in total. The summed E-state index contributed by atoms with van der Waals surface area (Å²) in [6.45, 7) is 1.26. The second-order valence-corrected chi connectivity index (χ2v) is 6.60. The van der Waals surface area contributed by atoms with Gasteiger partial charge in [0.1, 0.15) is 0 Å². The third-order valence-electron chi connectivity index (χ3n) is 4.62. The first kappa shape index (κ1) is 16.3. The molecule has 0 saturated heterocycles. The van der Waals surface area contributed by atoms with Gasteiger partial charge in [0.25, 0.3) is 0 Å². The number of aromatic nitrogens is 3. The van der Waals surface area contributed by atoms with Crippen molar-refractivity contribution >= 4 is 11.7 Å². The zero-order valence-corrected chi connectivity index (χ0v) is 14.4. The maximum Gasteiger partial charge on any atom is 0.319 e. The number of pyridine rings is 1. The lowest BCUT2D eigenvalue weighted by molar-refractivity contribution is 0.251. The van der Waals surface area contributed by atoms with E-state index in [1.807, 2.05) is 24.3 Å². The number of carbonyl (C=O) groups is 1. The number of amides is 2. The van der Waals surface area contributed by atoms with E-state index >= 15 is 0 Å². The Bertz CT molecular complexity index is 862. The maximum atomic E-state index is 12.1. The highest BCUT2D eigenvalue weighted by Gasteiger charge is 2.37. The summed E-state index contributed by atoms with van der Waals surface area (Å²) in [5, 5.41) is 10.0. The second-order valence-electron chi connectivity index (χ2n) is 6.60. The number of anilines is 1. The second kappa shape index (κ2) is 7.39. The number of urea groups is 1. The van der Waals surface area contributed by atoms with Gasteiger partial charge in [0.15, 0.2) is 0 Å². The van der Waals surface area contributed by atoms with Crippen LogP contribution in [-0.2, 0) is 6.54 Å². The van der Waals surface area contributed by atoms with Gasteiger partial charge < -0.3 is 10.6 Å². The normalized spacial score (nSPS) is 18.3. The largest absolute Gasteiger partial charge is 0.338 e. The van der Waals surface area contributed by atoms with Crippen molar-refractivity contribution in [1.29, 1.82) is 0 Å². The van der Waals surface area contributed by atoms with Crippen molar-refractivity contribution in [3.05, 3.63) is 78.4 Å². The van der Waals surface area contributed by atoms with Crippen LogP contribution in [0.25, 0.3) is 0 Å². The summed E-state index contributed by atoms with van der Waals surface area (Å²) in [6, 6.07) is 16.0. The van der Waals surface area contributed by atoms with Gasteiger partial charge in [-0.3, -0.25) is 9.67 Å². The molecule has 6 nitrogen and oxygen atoms in total. The fraction of sp³-hybridized carbons (Fsp3) is 0.250. The molecule has 1 aromatic carbocycles. The van der Waals surface area contributed by atoms with Crippen LogP contribution in [0.15, 0.2) is 67.1 Å². The molecule has 2 amide bonds. The molecule has 132 valence electrons. The monoisotopic (exact) mass is 347 g/mol. The van der Waals surface area contributed by atoms with Crippen molar-refractivity contribution in [3.8, 4) is 0 Å². The van der Waals surface area contributed by atoms with Gasteiger partial charge in [0, 0.05) is 18.9 Å². The van der Waals surface area contributed by atoms with Crippen molar-refractivity contribution in [2.24, 2.45) is 5.92 Å². The lowest BCUT2D eigenvalue weighted by Crippen LogP contribution is -2.30. The number of hydrogen-bond donors (Lipinski definition) is 2. The zero-order valence-electron chi connectivity index (χ0n) is 14.4. The van der Waals surface area contributed by atoms with E-state index in [2.05, 4.69) is 45.0 Å². The summed E-state index contributed by atoms with van der Waals surface area (Å²) >= 11 is 0. The molecular formula is C20H21N5O. The van der Waals surface area contributed by atoms with Crippen molar-refractivity contribution in [2.45, 2.75) is 18.9 Å². The molecule has 2 heterocycles. The van der Waals surface area contributed by atoms with Crippen LogP contribution < -0.4 is 10.6 Å². The third kappa shape index (κ3) is 4.08. The summed E-state index contributed by atoms with van der Waals surface area (Å²) in [6.07, 6.45) is 6.34. The molecule has 1 saturated carbocycles. The zero-order chi connectivity index (χ0) is 17.8. The number of hydrogen-bond acceptors (Lipinski definition) is 3. The minimum atomic E-state index is -0.193. The molecule has 2 atom stereocenters. The summed E-state index contributed by atoms with van der Waals surface area (Å²) in [5.41, 5.74) is 2.96. The van der Waals surface area contributed by atoms with Crippen LogP contribution in [-0.4, -0.2) is 27.3 Å². The highest BCUT2D eigenvalue weighted by atomic mass is 16.2. The van der Waals surface area contributed by atoms with E-state index < -0.39 is 0 Å². The van der Waals surface area contributed by atoms with Gasteiger partial charge in [-0.25, -0.2) is 4.79 Å². The summed E-state index contributed by atoms with van der Waals surface area (Å²) in [4.78, 5) is 16.4. The summed E-state index contributed by atoms with van der Waals surface area (Å²) in [7, 11) is 0. The number of nitrogens with zero attached hydrogens (tertiary/aromatic N) is 3. The van der Waals surface area contributed by atoms with Crippen molar-refractivity contribution in [2.75, 3.05) is 11.9 Å². The minimum Gasteiger partial charge on any atom is -0.338 e. The van der Waals surface area contributed by atoms with E-state index in [1.54, 1.807) is 23.3 Å². The van der Waals surface area contributed by atoms with E-state index in [0.29, 0.717) is 30.6 Å². The Labute approximate surface area is 152 Å². The highest BCUT2D eigenvalue weighted by Crippen LogP contribution is 2.46. The molecule has 0 spiro atoms. The Morgan fingerprint density at radius 1 is 1.15 bits per heavy atom. The quantitative estimate of drug-likeness (QED) is 0.719. The molecule has 0 radical (unpaired) electrons. The SMILES string of the molecule is O=C(NC[C@@H]1C[C@@H]1c1ccccc1)Nc1cnn(Cc2ccccn2)c1. The van der Waals surface area contributed by atoms with Crippen molar-refractivity contribution < 1.29 is 4.79 Å². The Morgan fingerprint density at radius 3 is 2.81 bits per heavy atom. The van der Waals surface area contributed by atoms with E-state index in [1.165, 1.54) is 5.56 Å². The molecule has 0 bridgehead atoms. The number of carbonyl (C=O) groups excluding carboxylic acids is 1. The number of nitrogens with one attached hydrogen (secondary N) is 2. The Hall–Kier alpha value is -3.15. The van der Waals surface area contributed by atoms with Gasteiger partial charge in [0.2, 0.25) is 0 Å². The van der Waals surface area contributed by atoms with Crippen LogP contribution in [0, 0.1) is 5.92 Å². The van der Waals surface area contributed by atoms with Gasteiger partial charge in [-0.15, -0.1) is 0 Å². The van der Waals surface area contributed by atoms with Gasteiger partial charge in [-0.1, -0.05) is 36.4 Å². The lowest BCUT2D eigenvalue weighted by atomic mass is 10.1. The molecule has 4 rings (SSSR count). The average Bonchev–Trinajstić information content (AvgIpc) is 3.34. The van der Waals surface area contributed by atoms with Gasteiger partial charge in [-0.05, 0) is 36.0 Å². The molecular weight excluding hydrogens is 326 g/mol. The summed E-state index contributed by atoms with van der Waals surface area (Å²) in [5.74, 6) is 1.09. The predicted molar refractivity (Wildman–Crippen MR) is 99.9 cm³/mol. The smallest absolute Gasteiger partial charge is 0.319 e. The molecule has 1 aliphatic rings. The van der Waals surface area contributed by atoms with Crippen LogP contribution in [0.1, 0.15) is 23.6 Å². The fourth-order valence-electron chi connectivity index (χ4n) is 3.15. The van der Waals surface area contributed by atoms with Crippen molar-refractivity contribution in [3.63, 3.8) is 0 Å². The van der Waals surface area contributed by atoms with Crippen LogP contribution in [0.5, 0.6) is 0 Å². The van der Waals surface area contributed by atoms with E-state index in [9.17, 15) is 4.79 Å². The number of rotatable bonds is 6. The van der Waals surface area contributed by atoms with Gasteiger partial charge in [-0.2, -0.15) is 5.10 Å². The van der Waals surface area contributed by atoms with Crippen LogP contribution in [0.2, 0.25) is 0 Å². The summed E-state index contributed by atoms with van der Waals surface area (Å²) < 4.78 is 1.75. The molecule has 1 aliphatic carbocycles. The first-order chi connectivity index (χ1) is 12.8. The van der Waals surface area contributed by atoms with Crippen LogP contribution in [0.3, 0.4) is 0 Å². The molecule has 2 aromatic heterocycles. The molecule has 1 fully saturated rings. The van der Waals surface area contributed by atoms with Crippen molar-refractivity contribution in [1.82, 2.24) is 20.1 Å². The Kier molecular flexibility index (Phi) is 4.64. The Morgan fingerprint density at radius 2 is 2.00 bits per heavy atom.